The number of rotatable bonds is 9. The average Bonchev–Trinajstić information content (AvgIpc) is 2.81. The molecule has 0 unspecified atom stereocenters. The quantitative estimate of drug-likeness (QED) is 0.379. The lowest BCUT2D eigenvalue weighted by atomic mass is 10.2. The summed E-state index contributed by atoms with van der Waals surface area (Å²) >= 11 is 0. The number of hydrogen-bond donors (Lipinski definition) is 0. The Morgan fingerprint density at radius 2 is 1.56 bits per heavy atom. The van der Waals surface area contributed by atoms with E-state index in [9.17, 15) is 30.4 Å². The molecule has 0 bridgehead atoms. The molecule has 0 amide bonds. The minimum Gasteiger partial charge on any atom is -0.487 e. The molecule has 0 atom stereocenters. The van der Waals surface area contributed by atoms with Gasteiger partial charge in [0.15, 0.2) is 16.4 Å². The van der Waals surface area contributed by atoms with Crippen LogP contribution in [0.3, 0.4) is 0 Å². The van der Waals surface area contributed by atoms with Crippen LogP contribution in [0.1, 0.15) is 12.5 Å². The van der Waals surface area contributed by atoms with Gasteiger partial charge in [-0.25, -0.2) is 13.4 Å². The third kappa shape index (κ3) is 5.99. The van der Waals surface area contributed by atoms with Crippen molar-refractivity contribution in [3.8, 4) is 22.9 Å². The maximum Gasteiger partial charge on any atom is 0.456 e. The number of ether oxygens (including phenoxy) is 2. The number of halogens is 5. The second kappa shape index (κ2) is 9.92. The molecular formula is C22H19F5N2O4S. The third-order valence-corrected chi connectivity index (χ3v) is 6.35. The molecule has 6 nitrogen and oxygen atoms in total. The van der Waals surface area contributed by atoms with Crippen LogP contribution in [0.15, 0.2) is 65.8 Å². The van der Waals surface area contributed by atoms with Crippen molar-refractivity contribution in [2.75, 3.05) is 12.4 Å². The summed E-state index contributed by atoms with van der Waals surface area (Å²) in [5, 5.41) is 0. The Kier molecular flexibility index (Phi) is 7.39. The van der Waals surface area contributed by atoms with Crippen molar-refractivity contribution in [1.29, 1.82) is 0 Å². The van der Waals surface area contributed by atoms with E-state index in [1.807, 2.05) is 30.3 Å². The van der Waals surface area contributed by atoms with E-state index < -0.39 is 28.5 Å². The Morgan fingerprint density at radius 1 is 0.882 bits per heavy atom. The van der Waals surface area contributed by atoms with Gasteiger partial charge < -0.3 is 9.47 Å². The Hall–Kier alpha value is -3.28. The molecule has 0 aliphatic rings. The van der Waals surface area contributed by atoms with Crippen molar-refractivity contribution in [3.63, 3.8) is 0 Å². The Balaban J connectivity index is 1.83. The Bertz CT molecular complexity index is 1220. The fourth-order valence-corrected chi connectivity index (χ4v) is 3.75. The maximum absolute atomic E-state index is 13.0. The van der Waals surface area contributed by atoms with Crippen molar-refractivity contribution in [1.82, 2.24) is 9.97 Å². The van der Waals surface area contributed by atoms with E-state index in [0.29, 0.717) is 0 Å². The second-order valence-electron chi connectivity index (χ2n) is 7.07. The molecule has 0 N–H and O–H groups in total. The summed E-state index contributed by atoms with van der Waals surface area (Å²) in [6.45, 7) is -0.291. The molecule has 0 aliphatic carbocycles. The molecule has 12 heteroatoms. The van der Waals surface area contributed by atoms with Gasteiger partial charge in [-0.2, -0.15) is 22.0 Å². The normalized spacial score (nSPS) is 12.4. The molecule has 34 heavy (non-hydrogen) atoms. The minimum absolute atomic E-state index is 0.0268. The predicted octanol–water partition coefficient (Wildman–Crippen LogP) is 5.09. The van der Waals surface area contributed by atoms with E-state index in [4.69, 9.17) is 4.74 Å². The smallest absolute Gasteiger partial charge is 0.456 e. The van der Waals surface area contributed by atoms with E-state index >= 15 is 0 Å². The van der Waals surface area contributed by atoms with Crippen molar-refractivity contribution < 1.29 is 39.8 Å². The van der Waals surface area contributed by atoms with Gasteiger partial charge in [0.1, 0.15) is 23.8 Å². The summed E-state index contributed by atoms with van der Waals surface area (Å²) in [5.74, 6) is -5.42. The standard InChI is InChI=1S/C22H19F5N2O4S/c1-2-34(30,31)19-10-17(32-13-15-6-4-3-5-7-15)12-29-20(19)18-9-8-16(11-28-18)33-14-21(23,24)22(25,26)27/h3-12H,2,13-14H2,1H3. The highest BCUT2D eigenvalue weighted by Gasteiger charge is 2.58. The maximum atomic E-state index is 13.0. The number of nitrogens with zero attached hydrogens (tertiary/aromatic N) is 2. The lowest BCUT2D eigenvalue weighted by Crippen LogP contribution is -2.41. The van der Waals surface area contributed by atoms with Crippen LogP contribution in [0.5, 0.6) is 11.5 Å². The lowest BCUT2D eigenvalue weighted by molar-refractivity contribution is -0.290. The zero-order chi connectivity index (χ0) is 25.0. The fourth-order valence-electron chi connectivity index (χ4n) is 2.69. The minimum atomic E-state index is -5.75. The fraction of sp³-hybridized carbons (Fsp3) is 0.273. The van der Waals surface area contributed by atoms with Gasteiger partial charge in [0.25, 0.3) is 0 Å². The number of sulfone groups is 1. The van der Waals surface area contributed by atoms with Crippen LogP contribution in [0.2, 0.25) is 0 Å². The van der Waals surface area contributed by atoms with Crippen LogP contribution in [0, 0.1) is 0 Å². The first-order valence-electron chi connectivity index (χ1n) is 9.86. The van der Waals surface area contributed by atoms with Crippen molar-refractivity contribution in [3.05, 3.63) is 66.5 Å². The summed E-state index contributed by atoms with van der Waals surface area (Å²) in [6.07, 6.45) is -3.54. The van der Waals surface area contributed by atoms with Crippen LogP contribution >= 0.6 is 0 Å². The Labute approximate surface area is 192 Å². The largest absolute Gasteiger partial charge is 0.487 e. The highest BCUT2D eigenvalue weighted by atomic mass is 32.2. The number of benzene rings is 1. The molecular weight excluding hydrogens is 483 g/mol. The van der Waals surface area contributed by atoms with Crippen LogP contribution in [0.4, 0.5) is 22.0 Å². The molecule has 0 saturated heterocycles. The average molecular weight is 502 g/mol. The zero-order valence-electron chi connectivity index (χ0n) is 17.7. The summed E-state index contributed by atoms with van der Waals surface area (Å²) in [7, 11) is -3.78. The molecule has 2 heterocycles. The second-order valence-corrected chi connectivity index (χ2v) is 9.31. The van der Waals surface area contributed by atoms with E-state index in [1.165, 1.54) is 25.3 Å². The molecule has 3 rings (SSSR count). The molecule has 0 radical (unpaired) electrons. The summed E-state index contributed by atoms with van der Waals surface area (Å²) in [6, 6.07) is 12.8. The van der Waals surface area contributed by atoms with Gasteiger partial charge in [-0.1, -0.05) is 37.3 Å². The molecule has 182 valence electrons. The van der Waals surface area contributed by atoms with Gasteiger partial charge in [0.2, 0.25) is 0 Å². The van der Waals surface area contributed by atoms with Gasteiger partial charge in [0, 0.05) is 6.07 Å². The highest BCUT2D eigenvalue weighted by Crippen LogP contribution is 2.36. The van der Waals surface area contributed by atoms with E-state index in [0.717, 1.165) is 17.8 Å². The molecule has 0 fully saturated rings. The third-order valence-electron chi connectivity index (χ3n) is 4.60. The van der Waals surface area contributed by atoms with Crippen molar-refractivity contribution >= 4 is 9.84 Å². The van der Waals surface area contributed by atoms with Crippen molar-refractivity contribution in [2.24, 2.45) is 0 Å². The number of alkyl halides is 5. The monoisotopic (exact) mass is 502 g/mol. The van der Waals surface area contributed by atoms with Gasteiger partial charge in [-0.15, -0.1) is 0 Å². The summed E-state index contributed by atoms with van der Waals surface area (Å²) < 4.78 is 98.4. The van der Waals surface area contributed by atoms with Crippen LogP contribution in [0.25, 0.3) is 11.4 Å². The predicted molar refractivity (Wildman–Crippen MR) is 112 cm³/mol. The molecule has 0 spiro atoms. The van der Waals surface area contributed by atoms with E-state index in [2.05, 4.69) is 14.7 Å². The van der Waals surface area contributed by atoms with E-state index in [1.54, 1.807) is 0 Å². The number of pyridine rings is 2. The molecule has 2 aromatic heterocycles. The Morgan fingerprint density at radius 3 is 2.15 bits per heavy atom. The number of hydrogen-bond acceptors (Lipinski definition) is 6. The lowest BCUT2D eigenvalue weighted by Gasteiger charge is -2.19. The van der Waals surface area contributed by atoms with Crippen LogP contribution in [-0.2, 0) is 16.4 Å². The van der Waals surface area contributed by atoms with Crippen LogP contribution in [-0.4, -0.2) is 42.8 Å². The van der Waals surface area contributed by atoms with Gasteiger partial charge >= 0.3 is 12.1 Å². The first-order chi connectivity index (χ1) is 15.9. The molecule has 1 aromatic carbocycles. The van der Waals surface area contributed by atoms with E-state index in [-0.39, 0.29) is 40.1 Å². The summed E-state index contributed by atoms with van der Waals surface area (Å²) in [4.78, 5) is 7.91. The first-order valence-corrected chi connectivity index (χ1v) is 11.5. The highest BCUT2D eigenvalue weighted by molar-refractivity contribution is 7.91. The van der Waals surface area contributed by atoms with Crippen molar-refractivity contribution in [2.45, 2.75) is 30.5 Å². The summed E-state index contributed by atoms with van der Waals surface area (Å²) in [5.41, 5.74) is 0.887. The van der Waals surface area contributed by atoms with Crippen LogP contribution < -0.4 is 9.47 Å². The SMILES string of the molecule is CCS(=O)(=O)c1cc(OCc2ccccc2)cnc1-c1ccc(OCC(F)(F)C(F)(F)F)cn1. The zero-order valence-corrected chi connectivity index (χ0v) is 18.5. The van der Waals surface area contributed by atoms with Gasteiger partial charge in [-0.3, -0.25) is 4.98 Å². The topological polar surface area (TPSA) is 78.4 Å². The molecule has 3 aromatic rings. The molecule has 0 saturated carbocycles. The van der Waals surface area contributed by atoms with Gasteiger partial charge in [-0.05, 0) is 17.7 Å². The molecule has 0 aliphatic heterocycles. The number of aromatic nitrogens is 2. The van der Waals surface area contributed by atoms with Gasteiger partial charge in [0.05, 0.1) is 28.7 Å². The first kappa shape index (κ1) is 25.3.